The van der Waals surface area contributed by atoms with Gasteiger partial charge >= 0.3 is 0 Å². The molecule has 28 heavy (non-hydrogen) atoms. The Bertz CT molecular complexity index is 719. The first kappa shape index (κ1) is 21.4. The van der Waals surface area contributed by atoms with Crippen molar-refractivity contribution in [2.75, 3.05) is 32.7 Å². The number of nitrogens with zero attached hydrogens (tertiary/aromatic N) is 3. The number of carbonyl (C=O) groups excluding carboxylic acids is 1. The third-order valence-corrected chi connectivity index (χ3v) is 7.19. The van der Waals surface area contributed by atoms with Crippen LogP contribution < -0.4 is 5.32 Å². The fourth-order valence-electron chi connectivity index (χ4n) is 3.99. The van der Waals surface area contributed by atoms with Crippen LogP contribution in [0.2, 0.25) is 0 Å². The van der Waals surface area contributed by atoms with Crippen molar-refractivity contribution < 1.29 is 4.79 Å². The first-order chi connectivity index (χ1) is 13.6. The highest BCUT2D eigenvalue weighted by Gasteiger charge is 2.26. The maximum absolute atomic E-state index is 12.8. The highest BCUT2D eigenvalue weighted by Crippen LogP contribution is 2.24. The Balaban J connectivity index is 1.48. The van der Waals surface area contributed by atoms with Crippen LogP contribution in [-0.4, -0.2) is 53.4 Å². The molecule has 0 saturated carbocycles. The van der Waals surface area contributed by atoms with Crippen LogP contribution in [-0.2, 0) is 11.3 Å². The molecule has 3 rings (SSSR count). The molecular formula is C21H32N4OS2. The number of likely N-dealkylation sites (N-methyl/N-ethyl adjacent to an activating group) is 1. The molecule has 2 aromatic heterocycles. The van der Waals surface area contributed by atoms with Crippen molar-refractivity contribution in [2.24, 2.45) is 5.92 Å². The number of thiophene rings is 1. The molecule has 7 heteroatoms. The van der Waals surface area contributed by atoms with E-state index in [-0.39, 0.29) is 17.9 Å². The summed E-state index contributed by atoms with van der Waals surface area (Å²) < 4.78 is 0. The summed E-state index contributed by atoms with van der Waals surface area (Å²) in [5, 5.41) is 10.8. The first-order valence-electron chi connectivity index (χ1n) is 10.3. The summed E-state index contributed by atoms with van der Waals surface area (Å²) in [5.41, 5.74) is 2.46. The molecule has 0 bridgehead atoms. The Morgan fingerprint density at radius 3 is 2.64 bits per heavy atom. The highest BCUT2D eigenvalue weighted by molar-refractivity contribution is 7.09. The Labute approximate surface area is 176 Å². The summed E-state index contributed by atoms with van der Waals surface area (Å²) in [6.45, 7) is 11.9. The first-order valence-corrected chi connectivity index (χ1v) is 12.1. The molecular weight excluding hydrogens is 388 g/mol. The second-order valence-corrected chi connectivity index (χ2v) is 9.29. The number of piperidine rings is 1. The van der Waals surface area contributed by atoms with Gasteiger partial charge in [0.25, 0.3) is 0 Å². The third kappa shape index (κ3) is 5.63. The molecule has 3 heterocycles. The molecule has 0 spiro atoms. The Kier molecular flexibility index (Phi) is 8.02. The molecule has 1 amide bonds. The molecule has 0 aromatic carbocycles. The zero-order chi connectivity index (χ0) is 19.9. The number of hydrogen-bond donors (Lipinski definition) is 1. The number of thiazole rings is 1. The number of rotatable bonds is 9. The van der Waals surface area contributed by atoms with E-state index in [0.29, 0.717) is 6.54 Å². The lowest BCUT2D eigenvalue weighted by molar-refractivity contribution is -0.126. The largest absolute Gasteiger partial charge is 0.354 e. The van der Waals surface area contributed by atoms with Crippen molar-refractivity contribution in [3.8, 4) is 0 Å². The van der Waals surface area contributed by atoms with Gasteiger partial charge < -0.3 is 5.32 Å². The van der Waals surface area contributed by atoms with Gasteiger partial charge in [0.1, 0.15) is 0 Å². The summed E-state index contributed by atoms with van der Waals surface area (Å²) in [6.07, 6.45) is 1.87. The summed E-state index contributed by atoms with van der Waals surface area (Å²) in [7, 11) is 0. The standard InChI is InChI=1S/C21H32N4OS2/c1-4-25(5-2)20(18-8-11-27-14-18)12-22-21(26)17-6-9-24(10-7-17)13-19-15-28-16(3)23-19/h8,11,14-15,17,20H,4-7,9-10,12-13H2,1-3H3,(H,22,26). The maximum atomic E-state index is 12.8. The predicted molar refractivity (Wildman–Crippen MR) is 118 cm³/mol. The molecule has 1 atom stereocenters. The number of amides is 1. The van der Waals surface area contributed by atoms with Crippen molar-refractivity contribution in [1.29, 1.82) is 0 Å². The lowest BCUT2D eigenvalue weighted by atomic mass is 9.95. The lowest BCUT2D eigenvalue weighted by Gasteiger charge is -2.32. The molecule has 0 aliphatic carbocycles. The van der Waals surface area contributed by atoms with Crippen LogP contribution in [0.3, 0.4) is 0 Å². The van der Waals surface area contributed by atoms with Gasteiger partial charge in [0, 0.05) is 24.4 Å². The van der Waals surface area contributed by atoms with Crippen LogP contribution in [0.4, 0.5) is 0 Å². The van der Waals surface area contributed by atoms with Crippen molar-refractivity contribution in [3.05, 3.63) is 38.5 Å². The minimum absolute atomic E-state index is 0.133. The molecule has 1 aliphatic rings. The molecule has 1 saturated heterocycles. The monoisotopic (exact) mass is 420 g/mol. The molecule has 5 nitrogen and oxygen atoms in total. The maximum Gasteiger partial charge on any atom is 0.223 e. The molecule has 1 fully saturated rings. The normalized spacial score (nSPS) is 17.1. The van der Waals surface area contributed by atoms with E-state index in [0.717, 1.165) is 56.3 Å². The minimum atomic E-state index is 0.133. The van der Waals surface area contributed by atoms with E-state index in [1.807, 2.05) is 6.92 Å². The van der Waals surface area contributed by atoms with E-state index < -0.39 is 0 Å². The van der Waals surface area contributed by atoms with Gasteiger partial charge in [0.05, 0.1) is 16.7 Å². The topological polar surface area (TPSA) is 48.5 Å². The quantitative estimate of drug-likeness (QED) is 0.668. The van der Waals surface area contributed by atoms with Gasteiger partial charge in [-0.05, 0) is 68.3 Å². The van der Waals surface area contributed by atoms with Crippen molar-refractivity contribution >= 4 is 28.6 Å². The molecule has 1 N–H and O–H groups in total. The fraction of sp³-hybridized carbons (Fsp3) is 0.619. The van der Waals surface area contributed by atoms with Crippen LogP contribution >= 0.6 is 22.7 Å². The number of hydrogen-bond acceptors (Lipinski definition) is 6. The van der Waals surface area contributed by atoms with Gasteiger partial charge in [-0.3, -0.25) is 14.6 Å². The number of nitrogens with one attached hydrogen (secondary N) is 1. The van der Waals surface area contributed by atoms with Crippen molar-refractivity contribution in [1.82, 2.24) is 20.1 Å². The Morgan fingerprint density at radius 1 is 1.32 bits per heavy atom. The number of carbonyl (C=O) groups is 1. The third-order valence-electron chi connectivity index (χ3n) is 5.66. The van der Waals surface area contributed by atoms with E-state index >= 15 is 0 Å². The highest BCUT2D eigenvalue weighted by atomic mass is 32.1. The van der Waals surface area contributed by atoms with Gasteiger partial charge in [-0.2, -0.15) is 11.3 Å². The van der Waals surface area contributed by atoms with E-state index in [1.165, 1.54) is 5.56 Å². The van der Waals surface area contributed by atoms with Crippen LogP contribution in [0.15, 0.2) is 22.2 Å². The van der Waals surface area contributed by atoms with Crippen LogP contribution in [0, 0.1) is 12.8 Å². The van der Waals surface area contributed by atoms with Gasteiger partial charge in [0.2, 0.25) is 5.91 Å². The number of likely N-dealkylation sites (tertiary alicyclic amines) is 1. The van der Waals surface area contributed by atoms with Crippen molar-refractivity contribution in [2.45, 2.75) is 46.2 Å². The molecule has 154 valence electrons. The number of aryl methyl sites for hydroxylation is 1. The van der Waals surface area contributed by atoms with Crippen LogP contribution in [0.25, 0.3) is 0 Å². The SMILES string of the molecule is CCN(CC)C(CNC(=O)C1CCN(Cc2csc(C)n2)CC1)c1ccsc1. The van der Waals surface area contributed by atoms with Gasteiger partial charge in [-0.1, -0.05) is 13.8 Å². The average Bonchev–Trinajstić information content (AvgIpc) is 3.37. The zero-order valence-electron chi connectivity index (χ0n) is 17.2. The summed E-state index contributed by atoms with van der Waals surface area (Å²) >= 11 is 3.43. The van der Waals surface area contributed by atoms with Gasteiger partial charge in [-0.25, -0.2) is 4.98 Å². The van der Waals surface area contributed by atoms with Crippen molar-refractivity contribution in [3.63, 3.8) is 0 Å². The fourth-order valence-corrected chi connectivity index (χ4v) is 5.30. The molecule has 1 aliphatic heterocycles. The van der Waals surface area contributed by atoms with E-state index in [9.17, 15) is 4.79 Å². The van der Waals surface area contributed by atoms with E-state index in [4.69, 9.17) is 0 Å². The van der Waals surface area contributed by atoms with E-state index in [2.05, 4.69) is 56.2 Å². The van der Waals surface area contributed by atoms with Gasteiger partial charge in [-0.15, -0.1) is 11.3 Å². The molecule has 1 unspecified atom stereocenters. The zero-order valence-corrected chi connectivity index (χ0v) is 18.8. The van der Waals surface area contributed by atoms with Crippen LogP contribution in [0.5, 0.6) is 0 Å². The van der Waals surface area contributed by atoms with Crippen LogP contribution in [0.1, 0.15) is 49.0 Å². The second kappa shape index (κ2) is 10.5. The lowest BCUT2D eigenvalue weighted by Crippen LogP contribution is -2.43. The smallest absolute Gasteiger partial charge is 0.223 e. The molecule has 2 aromatic rings. The minimum Gasteiger partial charge on any atom is -0.354 e. The van der Waals surface area contributed by atoms with Gasteiger partial charge in [0.15, 0.2) is 0 Å². The molecule has 0 radical (unpaired) electrons. The Morgan fingerprint density at radius 2 is 2.07 bits per heavy atom. The summed E-state index contributed by atoms with van der Waals surface area (Å²) in [5.74, 6) is 0.352. The predicted octanol–water partition coefficient (Wildman–Crippen LogP) is 3.92. The second-order valence-electron chi connectivity index (χ2n) is 7.45. The average molecular weight is 421 g/mol. The summed E-state index contributed by atoms with van der Waals surface area (Å²) in [6, 6.07) is 2.44. The number of aromatic nitrogens is 1. The summed E-state index contributed by atoms with van der Waals surface area (Å²) in [4.78, 5) is 22.2. The van der Waals surface area contributed by atoms with E-state index in [1.54, 1.807) is 22.7 Å². The Hall–Kier alpha value is -1.28.